The number of rotatable bonds is 65. The molecule has 3 aliphatic heterocycles. The highest BCUT2D eigenvalue weighted by atomic mass is 16.8. The Balaban J connectivity index is 1.34. The maximum absolute atomic E-state index is 13.5. The zero-order valence-corrected chi connectivity index (χ0v) is 64.0. The van der Waals surface area contributed by atoms with Crippen LogP contribution in [-0.2, 0) is 33.2 Å². The number of hydrogen-bond donors (Lipinski definition) is 12. The molecule has 3 aliphatic rings. The van der Waals surface area contributed by atoms with Gasteiger partial charge in [0, 0.05) is 6.42 Å². The average Bonchev–Trinajstić information content (AvgIpc) is 0.781. The van der Waals surface area contributed by atoms with Crippen LogP contribution in [0.3, 0.4) is 0 Å². The van der Waals surface area contributed by atoms with Crippen LogP contribution in [-0.4, -0.2) is 193 Å². The van der Waals surface area contributed by atoms with Gasteiger partial charge in [-0.2, -0.15) is 0 Å². The molecule has 0 saturated carbocycles. The molecule has 19 nitrogen and oxygen atoms in total. The molecular weight excluding hydrogens is 1310 g/mol. The van der Waals surface area contributed by atoms with Gasteiger partial charge < -0.3 is 89.9 Å². The summed E-state index contributed by atoms with van der Waals surface area (Å²) in [5.41, 5.74) is 0. The van der Waals surface area contributed by atoms with Crippen LogP contribution in [0.2, 0.25) is 0 Å². The molecule has 103 heavy (non-hydrogen) atoms. The molecule has 19 heteroatoms. The molecule has 3 rings (SSSR count). The molecule has 3 saturated heterocycles. The number of hydrogen-bond acceptors (Lipinski definition) is 18. The lowest BCUT2D eigenvalue weighted by Crippen LogP contribution is -2.66. The molecule has 1 amide bonds. The maximum atomic E-state index is 13.5. The molecule has 0 spiro atoms. The summed E-state index contributed by atoms with van der Waals surface area (Å²) in [5.74, 6) is -0.286. The second-order valence-electron chi connectivity index (χ2n) is 29.2. The summed E-state index contributed by atoms with van der Waals surface area (Å²) in [6, 6.07) is -0.999. The monoisotopic (exact) mass is 1460 g/mol. The van der Waals surface area contributed by atoms with Crippen molar-refractivity contribution in [2.75, 3.05) is 26.4 Å². The number of carbonyl (C=O) groups is 1. The van der Waals surface area contributed by atoms with Crippen LogP contribution in [0.1, 0.15) is 309 Å². The van der Waals surface area contributed by atoms with Crippen LogP contribution < -0.4 is 5.32 Å². The van der Waals surface area contributed by atoms with E-state index >= 15 is 0 Å². The average molecular weight is 1460 g/mol. The van der Waals surface area contributed by atoms with E-state index in [1.54, 1.807) is 6.08 Å². The summed E-state index contributed by atoms with van der Waals surface area (Å²) in [5, 5.41) is 121. The second kappa shape index (κ2) is 63.9. The van der Waals surface area contributed by atoms with Gasteiger partial charge in [0.25, 0.3) is 0 Å². The molecule has 0 aromatic carbocycles. The molecule has 3 heterocycles. The number of aliphatic hydroxyl groups is 11. The molecule has 12 N–H and O–H groups in total. The minimum absolute atomic E-state index is 0.232. The zero-order valence-electron chi connectivity index (χ0n) is 64.0. The molecule has 0 aromatic heterocycles. The second-order valence-corrected chi connectivity index (χ2v) is 29.2. The van der Waals surface area contributed by atoms with Crippen molar-refractivity contribution in [2.45, 2.75) is 413 Å². The minimum Gasteiger partial charge on any atom is -0.394 e. The number of allylic oxidation sites excluding steroid dienone is 13. The van der Waals surface area contributed by atoms with E-state index in [2.05, 4.69) is 92.1 Å². The Morgan fingerprint density at radius 3 is 1.09 bits per heavy atom. The van der Waals surface area contributed by atoms with Crippen LogP contribution in [0.4, 0.5) is 0 Å². The van der Waals surface area contributed by atoms with Gasteiger partial charge in [0.1, 0.15) is 73.2 Å². The van der Waals surface area contributed by atoms with Crippen LogP contribution in [0.25, 0.3) is 0 Å². The van der Waals surface area contributed by atoms with E-state index in [-0.39, 0.29) is 18.9 Å². The fourth-order valence-corrected chi connectivity index (χ4v) is 13.6. The van der Waals surface area contributed by atoms with Crippen LogP contribution in [0, 0.1) is 0 Å². The van der Waals surface area contributed by atoms with Gasteiger partial charge in [-0.05, 0) is 83.5 Å². The molecule has 0 radical (unpaired) electrons. The number of ether oxygens (including phenoxy) is 6. The summed E-state index contributed by atoms with van der Waals surface area (Å²) in [6.07, 6.45) is 58.7. The highest BCUT2D eigenvalue weighted by Gasteiger charge is 2.54. The van der Waals surface area contributed by atoms with Crippen LogP contribution in [0.15, 0.2) is 85.1 Å². The molecule has 0 aromatic rings. The van der Waals surface area contributed by atoms with E-state index in [1.165, 1.54) is 205 Å². The van der Waals surface area contributed by atoms with Crippen LogP contribution in [0.5, 0.6) is 0 Å². The predicted octanol–water partition coefficient (Wildman–Crippen LogP) is 14.2. The van der Waals surface area contributed by atoms with E-state index in [0.717, 1.165) is 70.6 Å². The Kier molecular flexibility index (Phi) is 58.4. The third-order valence-electron chi connectivity index (χ3n) is 20.2. The van der Waals surface area contributed by atoms with Gasteiger partial charge in [0.2, 0.25) is 5.91 Å². The number of aliphatic hydroxyl groups excluding tert-OH is 11. The fourth-order valence-electron chi connectivity index (χ4n) is 13.6. The summed E-state index contributed by atoms with van der Waals surface area (Å²) in [4.78, 5) is 13.5. The van der Waals surface area contributed by atoms with E-state index in [9.17, 15) is 61.0 Å². The van der Waals surface area contributed by atoms with Gasteiger partial charge in [-0.1, -0.05) is 304 Å². The van der Waals surface area contributed by atoms with Crippen molar-refractivity contribution in [2.24, 2.45) is 0 Å². The van der Waals surface area contributed by atoms with Gasteiger partial charge in [-0.3, -0.25) is 4.79 Å². The van der Waals surface area contributed by atoms with E-state index in [4.69, 9.17) is 28.4 Å². The first-order chi connectivity index (χ1) is 50.3. The molecule has 17 atom stereocenters. The zero-order chi connectivity index (χ0) is 74.6. The normalized spacial score (nSPS) is 26.5. The number of carbonyl (C=O) groups excluding carboxylic acids is 1. The highest BCUT2D eigenvalue weighted by molar-refractivity contribution is 5.76. The summed E-state index contributed by atoms with van der Waals surface area (Å²) < 4.78 is 34.4. The summed E-state index contributed by atoms with van der Waals surface area (Å²) in [7, 11) is 0. The number of unbranched alkanes of at least 4 members (excludes halogenated alkanes) is 37. The van der Waals surface area contributed by atoms with Crippen molar-refractivity contribution < 1.29 is 89.4 Å². The first-order valence-electron chi connectivity index (χ1n) is 41.3. The first-order valence-corrected chi connectivity index (χ1v) is 41.3. The van der Waals surface area contributed by atoms with Gasteiger partial charge >= 0.3 is 0 Å². The molecule has 3 fully saturated rings. The van der Waals surface area contributed by atoms with Crippen molar-refractivity contribution in [1.82, 2.24) is 5.32 Å². The Bertz CT molecular complexity index is 2190. The molecule has 598 valence electrons. The Morgan fingerprint density at radius 1 is 0.359 bits per heavy atom. The lowest BCUT2D eigenvalue weighted by atomic mass is 9.96. The van der Waals surface area contributed by atoms with Crippen molar-refractivity contribution in [3.8, 4) is 0 Å². The number of amides is 1. The van der Waals surface area contributed by atoms with Crippen molar-refractivity contribution in [1.29, 1.82) is 0 Å². The van der Waals surface area contributed by atoms with Crippen molar-refractivity contribution in [3.05, 3.63) is 85.1 Å². The topological polar surface area (TPSA) is 307 Å². The Hall–Kier alpha value is -3.03. The van der Waals surface area contributed by atoms with Gasteiger partial charge in [0.05, 0.1) is 38.6 Å². The van der Waals surface area contributed by atoms with E-state index in [1.807, 2.05) is 6.08 Å². The highest BCUT2D eigenvalue weighted by Crippen LogP contribution is 2.33. The quantitative estimate of drug-likeness (QED) is 0.0199. The number of nitrogens with one attached hydrogen (secondary N) is 1. The molecule has 0 aliphatic carbocycles. The van der Waals surface area contributed by atoms with Gasteiger partial charge in [-0.25, -0.2) is 0 Å². The van der Waals surface area contributed by atoms with E-state index in [0.29, 0.717) is 12.8 Å². The lowest BCUT2D eigenvalue weighted by Gasteiger charge is -2.48. The Morgan fingerprint density at radius 2 is 0.680 bits per heavy atom. The van der Waals surface area contributed by atoms with Gasteiger partial charge in [-0.15, -0.1) is 0 Å². The maximum Gasteiger partial charge on any atom is 0.220 e. The van der Waals surface area contributed by atoms with Gasteiger partial charge in [0.15, 0.2) is 18.9 Å². The smallest absolute Gasteiger partial charge is 0.220 e. The van der Waals surface area contributed by atoms with E-state index < -0.39 is 124 Å². The largest absolute Gasteiger partial charge is 0.394 e. The lowest BCUT2D eigenvalue weighted by molar-refractivity contribution is -0.379. The third kappa shape index (κ3) is 43.7. The molecule has 0 bridgehead atoms. The minimum atomic E-state index is -1.98. The summed E-state index contributed by atoms with van der Waals surface area (Å²) >= 11 is 0. The van der Waals surface area contributed by atoms with Crippen molar-refractivity contribution in [3.63, 3.8) is 0 Å². The summed E-state index contributed by atoms with van der Waals surface area (Å²) in [6.45, 7) is 1.62. The first kappa shape index (κ1) is 94.2. The Labute approximate surface area is 622 Å². The third-order valence-corrected chi connectivity index (χ3v) is 20.2. The molecule has 17 unspecified atom stereocenters. The SMILES string of the molecule is CC/C=C\C/C=C\C/C=C\C/C=C\CCCCCCCCCCCCCCCCCCCCCCCCCCC(=O)NC(COC1OC(CO)C(OC2OC(CO)C(OC3OC(CO)C(O)C(O)C3O)C(O)C2O)C(O)C1O)C(O)/C=C/CC/C=C/CC/C=C/CCCCCCCCCCCCC. The predicted molar refractivity (Wildman–Crippen MR) is 411 cm³/mol. The standard InChI is InChI=1S/C84H149NO18/c1-3-5-7-9-11-13-15-17-19-21-23-25-26-27-28-29-30-31-32-33-34-35-36-37-38-39-40-42-44-46-48-50-52-54-56-58-60-62-72(90)85-67(68(89)61-59-57-55-53-51-49-47-45-43-41-24-22-20-18-16-14-12-10-8-6-4-2)66-98-82-78(96)75(93)80(70(64-87)100-82)103-84-79(97)76(94)81(71(65-88)101-84)102-83-77(95)74(92)73(91)69(63-86)99-83/h5,7,11,13,17,19,23,25,43,45,51,53,59,61,67-71,73-84,86-89,91-97H,3-4,6,8-10,12,14-16,18,20-22,24,26-42,44,46-50,52,54-58,60,62-66H2,1-2H3,(H,85,90)/b7-5-,13-11-,19-17-,25-23-,45-43+,53-51+,61-59+. The molecular formula is C84H149NO18. The fraction of sp³-hybridized carbons (Fsp3) is 0.821. The van der Waals surface area contributed by atoms with Crippen LogP contribution >= 0.6 is 0 Å². The van der Waals surface area contributed by atoms with Crippen molar-refractivity contribution >= 4 is 5.91 Å².